The minimum absolute atomic E-state index is 0.493. The number of likely N-dealkylation sites (N-methyl/N-ethyl adjacent to an activating group) is 1. The van der Waals surface area contributed by atoms with Crippen molar-refractivity contribution in [3.63, 3.8) is 0 Å². The molecule has 2 aromatic rings. The van der Waals surface area contributed by atoms with E-state index in [1.165, 1.54) is 0 Å². The van der Waals surface area contributed by atoms with Gasteiger partial charge in [-0.05, 0) is 33.2 Å². The van der Waals surface area contributed by atoms with Gasteiger partial charge in [-0.3, -0.25) is 4.68 Å². The van der Waals surface area contributed by atoms with E-state index in [0.717, 1.165) is 12.3 Å². The Morgan fingerprint density at radius 3 is 2.75 bits per heavy atom. The monoisotopic (exact) mass is 279 g/mol. The highest BCUT2D eigenvalue weighted by atomic mass is 16.5. The van der Waals surface area contributed by atoms with Crippen molar-refractivity contribution < 1.29 is 14.3 Å². The molecular formula is C14H21N3O3. The van der Waals surface area contributed by atoms with Crippen LogP contribution in [-0.4, -0.2) is 47.5 Å². The molecule has 0 amide bonds. The molecule has 0 spiro atoms. The number of rotatable bonds is 6. The molecule has 0 fully saturated rings. The smallest absolute Gasteiger partial charge is 0.163 e. The molecule has 0 saturated carbocycles. The first-order valence-corrected chi connectivity index (χ1v) is 6.51. The van der Waals surface area contributed by atoms with E-state index in [1.807, 2.05) is 27.1 Å². The average Bonchev–Trinajstić information content (AvgIpc) is 3.01. The lowest BCUT2D eigenvalue weighted by Crippen LogP contribution is -2.21. The zero-order valence-electron chi connectivity index (χ0n) is 12.3. The van der Waals surface area contributed by atoms with E-state index in [1.54, 1.807) is 24.1 Å². The molecule has 2 rings (SSSR count). The Morgan fingerprint density at radius 1 is 1.45 bits per heavy atom. The third kappa shape index (κ3) is 3.02. The lowest BCUT2D eigenvalue weighted by atomic mass is 10.2. The second-order valence-electron chi connectivity index (χ2n) is 4.98. The fourth-order valence-electron chi connectivity index (χ4n) is 2.02. The molecule has 0 aromatic carbocycles. The largest absolute Gasteiger partial charge is 0.493 e. The van der Waals surface area contributed by atoms with E-state index in [4.69, 9.17) is 9.15 Å². The Balaban J connectivity index is 2.30. The number of aliphatic hydroxyl groups excluding tert-OH is 1. The summed E-state index contributed by atoms with van der Waals surface area (Å²) < 4.78 is 12.5. The highest BCUT2D eigenvalue weighted by Crippen LogP contribution is 2.30. The Kier molecular flexibility index (Phi) is 4.46. The Bertz CT molecular complexity index is 560. The predicted molar refractivity (Wildman–Crippen MR) is 74.8 cm³/mol. The van der Waals surface area contributed by atoms with Crippen LogP contribution in [-0.2, 0) is 6.54 Å². The summed E-state index contributed by atoms with van der Waals surface area (Å²) in [5.74, 6) is 1.81. The first-order chi connectivity index (χ1) is 9.52. The predicted octanol–water partition coefficient (Wildman–Crippen LogP) is 1.44. The summed E-state index contributed by atoms with van der Waals surface area (Å²) in [6, 6.07) is 3.59. The number of methoxy groups -OCH3 is 1. The molecule has 2 aromatic heterocycles. The van der Waals surface area contributed by atoms with Crippen molar-refractivity contribution in [3.8, 4) is 5.75 Å². The number of aliphatic hydroxyl groups is 1. The molecule has 1 N–H and O–H groups in total. The summed E-state index contributed by atoms with van der Waals surface area (Å²) in [4.78, 5) is 2.06. The minimum Gasteiger partial charge on any atom is -0.493 e. The van der Waals surface area contributed by atoms with Crippen LogP contribution < -0.4 is 4.74 Å². The van der Waals surface area contributed by atoms with Gasteiger partial charge in [0.15, 0.2) is 11.9 Å². The number of aryl methyl sites for hydroxylation is 1. The van der Waals surface area contributed by atoms with Gasteiger partial charge < -0.3 is 19.2 Å². The van der Waals surface area contributed by atoms with E-state index in [-0.39, 0.29) is 0 Å². The van der Waals surface area contributed by atoms with Gasteiger partial charge in [0.25, 0.3) is 0 Å². The van der Waals surface area contributed by atoms with Crippen LogP contribution in [0.5, 0.6) is 5.75 Å². The second-order valence-corrected chi connectivity index (χ2v) is 4.98. The van der Waals surface area contributed by atoms with Crippen molar-refractivity contribution in [1.29, 1.82) is 0 Å². The summed E-state index contributed by atoms with van der Waals surface area (Å²) in [6.45, 7) is 3.33. The maximum atomic E-state index is 10.5. The van der Waals surface area contributed by atoms with Gasteiger partial charge in [-0.2, -0.15) is 5.10 Å². The number of furan rings is 1. The highest BCUT2D eigenvalue weighted by molar-refractivity contribution is 5.32. The number of hydrogen-bond acceptors (Lipinski definition) is 5. The zero-order chi connectivity index (χ0) is 14.7. The van der Waals surface area contributed by atoms with Crippen LogP contribution in [0.3, 0.4) is 0 Å². The lowest BCUT2D eigenvalue weighted by molar-refractivity contribution is 0.171. The molecule has 6 nitrogen and oxygen atoms in total. The van der Waals surface area contributed by atoms with E-state index in [2.05, 4.69) is 10.00 Å². The molecule has 0 aliphatic heterocycles. The fourth-order valence-corrected chi connectivity index (χ4v) is 2.02. The van der Waals surface area contributed by atoms with Gasteiger partial charge >= 0.3 is 0 Å². The minimum atomic E-state index is -0.886. The Morgan fingerprint density at radius 2 is 2.20 bits per heavy atom. The zero-order valence-corrected chi connectivity index (χ0v) is 12.3. The highest BCUT2D eigenvalue weighted by Gasteiger charge is 2.24. The molecule has 0 aliphatic rings. The third-order valence-electron chi connectivity index (χ3n) is 3.11. The number of ether oxygens (including phenoxy) is 1. The van der Waals surface area contributed by atoms with E-state index >= 15 is 0 Å². The van der Waals surface area contributed by atoms with Crippen LogP contribution in [0.1, 0.15) is 23.3 Å². The first-order valence-electron chi connectivity index (χ1n) is 6.51. The first kappa shape index (κ1) is 14.6. The van der Waals surface area contributed by atoms with Gasteiger partial charge in [0.05, 0.1) is 19.9 Å². The SMILES string of the molecule is COc1cnn(CCN(C)C)c1C(O)c1ccc(C)o1. The molecule has 1 atom stereocenters. The topological polar surface area (TPSA) is 63.7 Å². The normalized spacial score (nSPS) is 12.9. The van der Waals surface area contributed by atoms with E-state index < -0.39 is 6.10 Å². The summed E-state index contributed by atoms with van der Waals surface area (Å²) in [6.07, 6.45) is 0.729. The molecule has 2 heterocycles. The van der Waals surface area contributed by atoms with Crippen LogP contribution in [0.4, 0.5) is 0 Å². The molecule has 6 heteroatoms. The number of nitrogens with zero attached hydrogens (tertiary/aromatic N) is 3. The number of aromatic nitrogens is 2. The number of hydrogen-bond donors (Lipinski definition) is 1. The van der Waals surface area contributed by atoms with E-state index in [9.17, 15) is 5.11 Å². The van der Waals surface area contributed by atoms with Gasteiger partial charge in [-0.1, -0.05) is 0 Å². The van der Waals surface area contributed by atoms with Gasteiger partial charge in [0.1, 0.15) is 17.2 Å². The summed E-state index contributed by atoms with van der Waals surface area (Å²) in [5, 5.41) is 14.8. The fraction of sp³-hybridized carbons (Fsp3) is 0.500. The van der Waals surface area contributed by atoms with Crippen molar-refractivity contribution in [2.24, 2.45) is 0 Å². The Labute approximate surface area is 118 Å². The standard InChI is InChI=1S/C14H21N3O3/c1-10-5-6-11(20-10)14(18)13-12(19-4)9-15-17(13)8-7-16(2)3/h5-6,9,14,18H,7-8H2,1-4H3. The third-order valence-corrected chi connectivity index (χ3v) is 3.11. The van der Waals surface area contributed by atoms with Gasteiger partial charge in [-0.15, -0.1) is 0 Å². The Hall–Kier alpha value is -1.79. The van der Waals surface area contributed by atoms with E-state index in [0.29, 0.717) is 23.7 Å². The summed E-state index contributed by atoms with van der Waals surface area (Å²) in [5.41, 5.74) is 0.615. The molecular weight excluding hydrogens is 258 g/mol. The summed E-state index contributed by atoms with van der Waals surface area (Å²) in [7, 11) is 5.55. The molecule has 0 bridgehead atoms. The van der Waals surface area contributed by atoms with Crippen LogP contribution in [0.15, 0.2) is 22.7 Å². The maximum Gasteiger partial charge on any atom is 0.163 e. The quantitative estimate of drug-likeness (QED) is 0.866. The molecule has 0 saturated heterocycles. The molecule has 110 valence electrons. The van der Waals surface area contributed by atoms with Gasteiger partial charge in [0.2, 0.25) is 0 Å². The molecule has 0 radical (unpaired) electrons. The maximum absolute atomic E-state index is 10.5. The van der Waals surface area contributed by atoms with Crippen molar-refractivity contribution in [2.45, 2.75) is 19.6 Å². The van der Waals surface area contributed by atoms with Crippen molar-refractivity contribution in [1.82, 2.24) is 14.7 Å². The second kappa shape index (κ2) is 6.11. The van der Waals surface area contributed by atoms with Gasteiger partial charge in [-0.25, -0.2) is 0 Å². The van der Waals surface area contributed by atoms with Crippen LogP contribution in [0.25, 0.3) is 0 Å². The molecule has 0 aliphatic carbocycles. The van der Waals surface area contributed by atoms with Crippen molar-refractivity contribution >= 4 is 0 Å². The summed E-state index contributed by atoms with van der Waals surface area (Å²) >= 11 is 0. The van der Waals surface area contributed by atoms with Crippen molar-refractivity contribution in [3.05, 3.63) is 35.5 Å². The van der Waals surface area contributed by atoms with Crippen LogP contribution >= 0.6 is 0 Å². The van der Waals surface area contributed by atoms with Gasteiger partial charge in [0, 0.05) is 6.54 Å². The lowest BCUT2D eigenvalue weighted by Gasteiger charge is -2.15. The molecule has 1 unspecified atom stereocenters. The average molecular weight is 279 g/mol. The molecule has 20 heavy (non-hydrogen) atoms. The van der Waals surface area contributed by atoms with Crippen molar-refractivity contribution in [2.75, 3.05) is 27.7 Å². The van der Waals surface area contributed by atoms with Crippen LogP contribution in [0.2, 0.25) is 0 Å². The van der Waals surface area contributed by atoms with Crippen LogP contribution in [0, 0.1) is 6.92 Å².